The second kappa shape index (κ2) is 6.05. The molecule has 2 nitrogen and oxygen atoms in total. The summed E-state index contributed by atoms with van der Waals surface area (Å²) in [6, 6.07) is 0. The van der Waals surface area contributed by atoms with Gasteiger partial charge in [0.25, 0.3) is 0 Å². The molecule has 0 atom stereocenters. The van der Waals surface area contributed by atoms with E-state index in [0.29, 0.717) is 0 Å². The quantitative estimate of drug-likeness (QED) is 0.593. The first-order chi connectivity index (χ1) is 4.35. The molecule has 2 heteroatoms. The van der Waals surface area contributed by atoms with Crippen LogP contribution in [-0.4, -0.2) is 31.1 Å². The summed E-state index contributed by atoms with van der Waals surface area (Å²) >= 11 is 0. The molecule has 0 aromatic heterocycles. The molecule has 0 unspecified atom stereocenters. The van der Waals surface area contributed by atoms with Crippen molar-refractivity contribution in [1.29, 1.82) is 0 Å². The Labute approximate surface area is 58.0 Å². The maximum absolute atomic E-state index is 5.39. The van der Waals surface area contributed by atoms with Gasteiger partial charge >= 0.3 is 0 Å². The molecule has 0 spiro atoms. The highest BCUT2D eigenvalue weighted by molar-refractivity contribution is 4.52. The van der Waals surface area contributed by atoms with Gasteiger partial charge in [0.05, 0.1) is 0 Å². The van der Waals surface area contributed by atoms with Crippen LogP contribution in [0.4, 0.5) is 0 Å². The van der Waals surface area contributed by atoms with E-state index in [1.54, 1.807) is 0 Å². The summed E-state index contributed by atoms with van der Waals surface area (Å²) in [6.45, 7) is 8.52. The van der Waals surface area contributed by atoms with Crippen molar-refractivity contribution in [1.82, 2.24) is 4.90 Å². The van der Waals surface area contributed by atoms with E-state index in [0.717, 1.165) is 19.6 Å². The first kappa shape index (κ1) is 8.92. The Hall–Kier alpha value is -0.0800. The third-order valence-electron chi connectivity index (χ3n) is 1.43. The molecule has 0 aliphatic heterocycles. The predicted octanol–water partition coefficient (Wildman–Crippen LogP) is 0.677. The molecule has 0 heterocycles. The van der Waals surface area contributed by atoms with E-state index in [4.69, 9.17) is 5.73 Å². The van der Waals surface area contributed by atoms with E-state index in [9.17, 15) is 0 Å². The van der Waals surface area contributed by atoms with Gasteiger partial charge in [-0.05, 0) is 19.5 Å². The molecular weight excluding hydrogens is 112 g/mol. The standard InChI is InChI=1S/C7H18N2/c1-3-6-9(4-2)7-5-8/h3-8H2,1-2H3. The topological polar surface area (TPSA) is 29.3 Å². The van der Waals surface area contributed by atoms with Gasteiger partial charge < -0.3 is 10.6 Å². The normalized spacial score (nSPS) is 10.7. The Balaban J connectivity index is 3.18. The van der Waals surface area contributed by atoms with Crippen molar-refractivity contribution >= 4 is 0 Å². The van der Waals surface area contributed by atoms with Crippen molar-refractivity contribution in [2.75, 3.05) is 26.2 Å². The molecule has 0 radical (unpaired) electrons. The summed E-state index contributed by atoms with van der Waals surface area (Å²) < 4.78 is 0. The van der Waals surface area contributed by atoms with Crippen LogP contribution in [0.2, 0.25) is 0 Å². The van der Waals surface area contributed by atoms with Crippen molar-refractivity contribution in [3.8, 4) is 0 Å². The molecule has 0 fully saturated rings. The van der Waals surface area contributed by atoms with Gasteiger partial charge in [-0.3, -0.25) is 0 Å². The second-order valence-corrected chi connectivity index (χ2v) is 2.22. The molecule has 0 aromatic carbocycles. The highest BCUT2D eigenvalue weighted by atomic mass is 15.1. The van der Waals surface area contributed by atoms with E-state index in [2.05, 4.69) is 18.7 Å². The number of nitrogens with two attached hydrogens (primary N) is 1. The van der Waals surface area contributed by atoms with Crippen LogP contribution in [-0.2, 0) is 0 Å². The molecule has 9 heavy (non-hydrogen) atoms. The van der Waals surface area contributed by atoms with Gasteiger partial charge in [-0.15, -0.1) is 0 Å². The first-order valence-electron chi connectivity index (χ1n) is 3.77. The first-order valence-corrected chi connectivity index (χ1v) is 3.77. The van der Waals surface area contributed by atoms with Gasteiger partial charge in [-0.1, -0.05) is 13.8 Å². The fraction of sp³-hybridized carbons (Fsp3) is 1.00. The Morgan fingerprint density at radius 3 is 2.22 bits per heavy atom. The van der Waals surface area contributed by atoms with Gasteiger partial charge in [0.2, 0.25) is 0 Å². The zero-order valence-electron chi connectivity index (χ0n) is 6.56. The van der Waals surface area contributed by atoms with Crippen molar-refractivity contribution in [2.45, 2.75) is 20.3 Å². The molecule has 0 aromatic rings. The third-order valence-corrected chi connectivity index (χ3v) is 1.43. The summed E-state index contributed by atoms with van der Waals surface area (Å²) in [5, 5.41) is 0. The smallest absolute Gasteiger partial charge is 0.0104 e. The average molecular weight is 130 g/mol. The molecule has 0 saturated heterocycles. The van der Waals surface area contributed by atoms with Crippen molar-refractivity contribution < 1.29 is 0 Å². The van der Waals surface area contributed by atoms with Gasteiger partial charge in [-0.25, -0.2) is 0 Å². The fourth-order valence-electron chi connectivity index (χ4n) is 0.927. The lowest BCUT2D eigenvalue weighted by molar-refractivity contribution is 0.297. The Morgan fingerprint density at radius 2 is 1.89 bits per heavy atom. The molecule has 2 N–H and O–H groups in total. The number of rotatable bonds is 5. The SMILES string of the molecule is CCCN(CC)CCN. The maximum atomic E-state index is 5.39. The van der Waals surface area contributed by atoms with Crippen molar-refractivity contribution in [3.05, 3.63) is 0 Å². The van der Waals surface area contributed by atoms with E-state index >= 15 is 0 Å². The average Bonchev–Trinajstić information content (AvgIpc) is 1.88. The summed E-state index contributed by atoms with van der Waals surface area (Å²) in [6.07, 6.45) is 1.23. The van der Waals surface area contributed by atoms with Gasteiger partial charge in [0.1, 0.15) is 0 Å². The molecule has 0 bridgehead atoms. The Morgan fingerprint density at radius 1 is 1.22 bits per heavy atom. The van der Waals surface area contributed by atoms with Crippen molar-refractivity contribution in [2.24, 2.45) is 5.73 Å². The molecule has 0 aliphatic carbocycles. The van der Waals surface area contributed by atoms with Crippen LogP contribution in [0.25, 0.3) is 0 Å². The minimum absolute atomic E-state index is 0.786. The monoisotopic (exact) mass is 130 g/mol. The zero-order valence-corrected chi connectivity index (χ0v) is 6.56. The van der Waals surface area contributed by atoms with E-state index in [-0.39, 0.29) is 0 Å². The van der Waals surface area contributed by atoms with Gasteiger partial charge in [0.15, 0.2) is 0 Å². The van der Waals surface area contributed by atoms with Crippen LogP contribution < -0.4 is 5.73 Å². The van der Waals surface area contributed by atoms with Crippen LogP contribution in [0.1, 0.15) is 20.3 Å². The largest absolute Gasteiger partial charge is 0.329 e. The number of nitrogens with zero attached hydrogens (tertiary/aromatic N) is 1. The van der Waals surface area contributed by atoms with Crippen LogP contribution in [0.15, 0.2) is 0 Å². The minimum Gasteiger partial charge on any atom is -0.329 e. The number of hydrogen-bond acceptors (Lipinski definition) is 2. The van der Waals surface area contributed by atoms with Crippen LogP contribution in [0.3, 0.4) is 0 Å². The third kappa shape index (κ3) is 4.43. The lowest BCUT2D eigenvalue weighted by Gasteiger charge is -2.17. The zero-order chi connectivity index (χ0) is 7.11. The molecule has 0 amide bonds. The highest BCUT2D eigenvalue weighted by Gasteiger charge is 1.95. The molecular formula is C7H18N2. The lowest BCUT2D eigenvalue weighted by Crippen LogP contribution is -2.29. The summed E-state index contributed by atoms with van der Waals surface area (Å²) in [7, 11) is 0. The van der Waals surface area contributed by atoms with Crippen LogP contribution >= 0.6 is 0 Å². The Kier molecular flexibility index (Phi) is 5.99. The highest BCUT2D eigenvalue weighted by Crippen LogP contribution is 1.87. The maximum Gasteiger partial charge on any atom is 0.0104 e. The molecule has 0 aliphatic rings. The number of hydrogen-bond donors (Lipinski definition) is 1. The summed E-state index contributed by atoms with van der Waals surface area (Å²) in [5.74, 6) is 0. The molecule has 56 valence electrons. The minimum atomic E-state index is 0.786. The van der Waals surface area contributed by atoms with Gasteiger partial charge in [-0.2, -0.15) is 0 Å². The van der Waals surface area contributed by atoms with Gasteiger partial charge in [0, 0.05) is 13.1 Å². The van der Waals surface area contributed by atoms with E-state index < -0.39 is 0 Å². The summed E-state index contributed by atoms with van der Waals surface area (Å²) in [4.78, 5) is 2.36. The van der Waals surface area contributed by atoms with Crippen LogP contribution in [0.5, 0.6) is 0 Å². The van der Waals surface area contributed by atoms with E-state index in [1.807, 2.05) is 0 Å². The van der Waals surface area contributed by atoms with Crippen molar-refractivity contribution in [3.63, 3.8) is 0 Å². The van der Waals surface area contributed by atoms with E-state index in [1.165, 1.54) is 13.0 Å². The summed E-state index contributed by atoms with van der Waals surface area (Å²) in [5.41, 5.74) is 5.39. The molecule has 0 rings (SSSR count). The fourth-order valence-corrected chi connectivity index (χ4v) is 0.927. The Bertz CT molecular complexity index is 48.9. The second-order valence-electron chi connectivity index (χ2n) is 2.22. The number of likely N-dealkylation sites (N-methyl/N-ethyl adjacent to an activating group) is 1. The lowest BCUT2D eigenvalue weighted by atomic mass is 10.4. The molecule has 0 saturated carbocycles. The predicted molar refractivity (Wildman–Crippen MR) is 41.5 cm³/mol. The van der Waals surface area contributed by atoms with Crippen LogP contribution in [0, 0.1) is 0 Å².